The number of methoxy groups -OCH3 is 1. The molecular weight excluding hydrogens is 440 g/mol. The van der Waals surface area contributed by atoms with E-state index in [0.29, 0.717) is 22.4 Å². The van der Waals surface area contributed by atoms with E-state index >= 15 is 0 Å². The van der Waals surface area contributed by atoms with Crippen molar-refractivity contribution in [1.82, 2.24) is 10.3 Å². The summed E-state index contributed by atoms with van der Waals surface area (Å²) < 4.78 is 65.3. The first-order chi connectivity index (χ1) is 15.3. The molecule has 3 aromatic rings. The number of carbonyl (C=O) groups excluding carboxylic acids is 1. The van der Waals surface area contributed by atoms with Crippen molar-refractivity contribution in [1.29, 1.82) is 0 Å². The first kappa shape index (κ1) is 23.1. The number of ether oxygens (including phenoxy) is 1. The average Bonchev–Trinajstić information content (AvgIpc) is 3.40. The highest BCUT2D eigenvalue weighted by Crippen LogP contribution is 2.49. The van der Waals surface area contributed by atoms with E-state index in [9.17, 15) is 22.4 Å². The molecule has 9 heteroatoms. The van der Waals surface area contributed by atoms with Gasteiger partial charge >= 0.3 is 6.18 Å². The molecule has 1 heterocycles. The van der Waals surface area contributed by atoms with E-state index in [1.165, 1.54) is 31.4 Å². The number of halogens is 4. The quantitative estimate of drug-likeness (QED) is 0.493. The fraction of sp³-hybridized carbons (Fsp3) is 0.417. The number of alkyl halides is 3. The summed E-state index contributed by atoms with van der Waals surface area (Å²) in [4.78, 5) is 16.7. The summed E-state index contributed by atoms with van der Waals surface area (Å²) in [7, 11) is 1.52. The number of nitrogens with zero attached hydrogens (tertiary/aromatic N) is 1. The number of hydrogen-bond acceptors (Lipinski definition) is 4. The largest absolute Gasteiger partial charge is 0.496 e. The Morgan fingerprint density at radius 1 is 1.18 bits per heavy atom. The lowest BCUT2D eigenvalue weighted by atomic mass is 9.85. The predicted octanol–water partition coefficient (Wildman–Crippen LogP) is 5.69. The maximum absolute atomic E-state index is 14.8. The SMILES string of the molecule is COc1cc(Cc2nc3cc(C(=O)NC4(C(F)(F)F)CC4)ccc3o2)c(F)cc1C(C)(C)C. The molecule has 0 spiro atoms. The van der Waals surface area contributed by atoms with Gasteiger partial charge in [-0.15, -0.1) is 0 Å². The van der Waals surface area contributed by atoms with Crippen molar-refractivity contribution in [2.45, 2.75) is 57.2 Å². The summed E-state index contributed by atoms with van der Waals surface area (Å²) in [6.45, 7) is 5.87. The standard InChI is InChI=1S/C24H24F4N2O3/c1-22(2,3)15-12-16(25)14(10-19(15)32-4)11-20-29-17-9-13(5-6-18(17)33-20)21(31)30-23(7-8-23)24(26,27)28/h5-6,9-10,12H,7-8,11H2,1-4H3,(H,30,31). The number of benzene rings is 2. The van der Waals surface area contributed by atoms with E-state index in [4.69, 9.17) is 9.15 Å². The predicted molar refractivity (Wildman–Crippen MR) is 114 cm³/mol. The number of oxazole rings is 1. The van der Waals surface area contributed by atoms with Crippen LogP contribution in [0.15, 0.2) is 34.7 Å². The number of aromatic nitrogens is 1. The lowest BCUT2D eigenvalue weighted by molar-refractivity contribution is -0.163. The lowest BCUT2D eigenvalue weighted by Gasteiger charge is -2.23. The van der Waals surface area contributed by atoms with E-state index in [2.05, 4.69) is 10.3 Å². The molecule has 0 aliphatic heterocycles. The third kappa shape index (κ3) is 4.41. The molecule has 1 saturated carbocycles. The zero-order valence-electron chi connectivity index (χ0n) is 18.7. The third-order valence-electron chi connectivity index (χ3n) is 5.86. The molecule has 0 unspecified atom stereocenters. The molecule has 1 aromatic heterocycles. The zero-order valence-corrected chi connectivity index (χ0v) is 18.7. The Labute approximate surface area is 188 Å². The summed E-state index contributed by atoms with van der Waals surface area (Å²) in [6, 6.07) is 7.25. The number of carbonyl (C=O) groups is 1. The van der Waals surface area contributed by atoms with Crippen molar-refractivity contribution in [3.63, 3.8) is 0 Å². The minimum atomic E-state index is -4.50. The number of rotatable bonds is 5. The Morgan fingerprint density at radius 2 is 1.88 bits per heavy atom. The number of nitrogens with one attached hydrogen (secondary N) is 1. The van der Waals surface area contributed by atoms with E-state index in [1.54, 1.807) is 6.07 Å². The van der Waals surface area contributed by atoms with E-state index < -0.39 is 23.4 Å². The Kier molecular flexibility index (Phi) is 5.41. The molecule has 33 heavy (non-hydrogen) atoms. The molecule has 0 bridgehead atoms. The van der Waals surface area contributed by atoms with Gasteiger partial charge in [-0.1, -0.05) is 20.8 Å². The van der Waals surface area contributed by atoms with Crippen molar-refractivity contribution in [3.05, 3.63) is 58.7 Å². The number of amides is 1. The fourth-order valence-electron chi connectivity index (χ4n) is 3.73. The van der Waals surface area contributed by atoms with Gasteiger partial charge in [0.15, 0.2) is 11.5 Å². The van der Waals surface area contributed by atoms with E-state index in [0.717, 1.165) is 5.56 Å². The van der Waals surface area contributed by atoms with Gasteiger partial charge in [-0.2, -0.15) is 13.2 Å². The summed E-state index contributed by atoms with van der Waals surface area (Å²) in [5.74, 6) is -0.497. The molecule has 1 fully saturated rings. The topological polar surface area (TPSA) is 64.4 Å². The molecule has 176 valence electrons. The monoisotopic (exact) mass is 464 g/mol. The Balaban J connectivity index is 1.58. The second-order valence-corrected chi connectivity index (χ2v) is 9.39. The fourth-order valence-corrected chi connectivity index (χ4v) is 3.73. The smallest absolute Gasteiger partial charge is 0.411 e. The maximum atomic E-state index is 14.8. The zero-order chi connectivity index (χ0) is 24.2. The highest BCUT2D eigenvalue weighted by Gasteiger charge is 2.64. The van der Waals surface area contributed by atoms with Crippen molar-refractivity contribution in [2.24, 2.45) is 0 Å². The van der Waals surface area contributed by atoms with Gasteiger partial charge < -0.3 is 14.5 Å². The molecule has 4 rings (SSSR count). The van der Waals surface area contributed by atoms with Crippen LogP contribution in [0, 0.1) is 5.82 Å². The molecule has 1 aliphatic rings. The van der Waals surface area contributed by atoms with Crippen LogP contribution in [0.5, 0.6) is 5.75 Å². The molecule has 1 aliphatic carbocycles. The highest BCUT2D eigenvalue weighted by atomic mass is 19.4. The van der Waals surface area contributed by atoms with Gasteiger partial charge in [-0.25, -0.2) is 9.37 Å². The Morgan fingerprint density at radius 3 is 2.45 bits per heavy atom. The summed E-state index contributed by atoms with van der Waals surface area (Å²) in [6.07, 6.45) is -4.73. The molecule has 0 radical (unpaired) electrons. The van der Waals surface area contributed by atoms with Gasteiger partial charge in [0.25, 0.3) is 5.91 Å². The third-order valence-corrected chi connectivity index (χ3v) is 5.86. The van der Waals surface area contributed by atoms with Crippen LogP contribution in [0.3, 0.4) is 0 Å². The van der Waals surface area contributed by atoms with Crippen LogP contribution in [-0.4, -0.2) is 29.7 Å². The van der Waals surface area contributed by atoms with E-state index in [-0.39, 0.29) is 36.1 Å². The highest BCUT2D eigenvalue weighted by molar-refractivity contribution is 5.97. The van der Waals surface area contributed by atoms with Crippen LogP contribution in [-0.2, 0) is 11.8 Å². The second kappa shape index (κ2) is 7.74. The molecule has 1 N–H and O–H groups in total. The molecule has 1 amide bonds. The molecule has 5 nitrogen and oxygen atoms in total. The summed E-state index contributed by atoms with van der Waals surface area (Å²) >= 11 is 0. The van der Waals surface area contributed by atoms with Crippen LogP contribution in [0.4, 0.5) is 17.6 Å². The number of fused-ring (bicyclic) bond motifs is 1. The maximum Gasteiger partial charge on any atom is 0.411 e. The molecule has 0 saturated heterocycles. The van der Waals surface area contributed by atoms with Crippen LogP contribution >= 0.6 is 0 Å². The first-order valence-electron chi connectivity index (χ1n) is 10.5. The second-order valence-electron chi connectivity index (χ2n) is 9.39. The Bertz CT molecular complexity index is 1220. The van der Waals surface area contributed by atoms with Gasteiger partial charge in [0, 0.05) is 16.7 Å². The van der Waals surface area contributed by atoms with Crippen LogP contribution in [0.2, 0.25) is 0 Å². The van der Waals surface area contributed by atoms with Crippen LogP contribution < -0.4 is 10.1 Å². The average molecular weight is 464 g/mol. The van der Waals surface area contributed by atoms with Crippen molar-refractivity contribution in [3.8, 4) is 5.75 Å². The van der Waals surface area contributed by atoms with Crippen molar-refractivity contribution in [2.75, 3.05) is 7.11 Å². The summed E-state index contributed by atoms with van der Waals surface area (Å²) in [5, 5.41) is 2.09. The molecule has 0 atom stereocenters. The normalized spacial score (nSPS) is 15.5. The molecular formula is C24H24F4N2O3. The van der Waals surface area contributed by atoms with Crippen LogP contribution in [0.1, 0.15) is 61.0 Å². The van der Waals surface area contributed by atoms with Gasteiger partial charge in [-0.3, -0.25) is 4.79 Å². The van der Waals surface area contributed by atoms with E-state index in [1.807, 2.05) is 20.8 Å². The first-order valence-corrected chi connectivity index (χ1v) is 10.5. The van der Waals surface area contributed by atoms with Gasteiger partial charge in [0.1, 0.15) is 22.6 Å². The van der Waals surface area contributed by atoms with Crippen molar-refractivity contribution >= 4 is 17.0 Å². The summed E-state index contributed by atoms with van der Waals surface area (Å²) in [5.41, 5.74) is -0.725. The molecule has 2 aromatic carbocycles. The van der Waals surface area contributed by atoms with Gasteiger partial charge in [-0.05, 0) is 48.6 Å². The van der Waals surface area contributed by atoms with Crippen LogP contribution in [0.25, 0.3) is 11.1 Å². The minimum Gasteiger partial charge on any atom is -0.496 e. The number of hydrogen-bond donors (Lipinski definition) is 1. The van der Waals surface area contributed by atoms with Gasteiger partial charge in [0.05, 0.1) is 13.5 Å². The lowest BCUT2D eigenvalue weighted by Crippen LogP contribution is -2.47. The minimum absolute atomic E-state index is 0.0417. The Hall–Kier alpha value is -3.10. The van der Waals surface area contributed by atoms with Crippen molar-refractivity contribution < 1.29 is 31.5 Å². The van der Waals surface area contributed by atoms with Gasteiger partial charge in [0.2, 0.25) is 0 Å².